The maximum absolute atomic E-state index is 12.2. The number of carbonyl (C=O) groups excluding carboxylic acids is 1. The topological polar surface area (TPSA) is 75.9 Å². The van der Waals surface area contributed by atoms with E-state index in [1.807, 2.05) is 30.3 Å². The van der Waals surface area contributed by atoms with Crippen LogP contribution in [-0.4, -0.2) is 39.7 Å². The molecule has 0 saturated carbocycles. The molecule has 8 heteroatoms. The maximum Gasteiger partial charge on any atom is 0.250 e. The molecule has 0 unspecified atom stereocenters. The summed E-state index contributed by atoms with van der Waals surface area (Å²) in [5.41, 5.74) is 1.50. The van der Waals surface area contributed by atoms with Gasteiger partial charge in [-0.2, -0.15) is 4.68 Å². The number of para-hydroxylation sites is 1. The van der Waals surface area contributed by atoms with E-state index in [0.717, 1.165) is 5.69 Å². The summed E-state index contributed by atoms with van der Waals surface area (Å²) in [5, 5.41) is 15.1. The van der Waals surface area contributed by atoms with Gasteiger partial charge in [0.1, 0.15) is 0 Å². The summed E-state index contributed by atoms with van der Waals surface area (Å²) in [4.78, 5) is 13.9. The number of benzene rings is 2. The molecule has 1 aromatic heterocycles. The molecule has 24 heavy (non-hydrogen) atoms. The minimum Gasteiger partial charge on any atom is -0.333 e. The van der Waals surface area contributed by atoms with Crippen molar-refractivity contribution >= 4 is 29.1 Å². The van der Waals surface area contributed by atoms with Gasteiger partial charge in [-0.1, -0.05) is 34.9 Å². The van der Waals surface area contributed by atoms with E-state index >= 15 is 0 Å². The first-order valence-corrected chi connectivity index (χ1v) is 7.61. The lowest BCUT2D eigenvalue weighted by Crippen LogP contribution is -2.31. The Labute approximate surface area is 143 Å². The molecule has 0 saturated heterocycles. The molecule has 3 aromatic rings. The van der Waals surface area contributed by atoms with Gasteiger partial charge in [0.25, 0.3) is 5.95 Å². The molecular weight excluding hydrogens is 328 g/mol. The van der Waals surface area contributed by atoms with Crippen LogP contribution in [0.4, 0.5) is 11.6 Å². The lowest BCUT2D eigenvalue weighted by Gasteiger charge is -2.17. The summed E-state index contributed by atoms with van der Waals surface area (Å²) in [7, 11) is 1.76. The van der Waals surface area contributed by atoms with Crippen LogP contribution in [0.1, 0.15) is 0 Å². The van der Waals surface area contributed by atoms with Crippen molar-refractivity contribution in [3.63, 3.8) is 0 Å². The number of halogens is 1. The first-order chi connectivity index (χ1) is 11.6. The van der Waals surface area contributed by atoms with Crippen molar-refractivity contribution in [2.75, 3.05) is 23.8 Å². The van der Waals surface area contributed by atoms with Crippen LogP contribution < -0.4 is 10.2 Å². The van der Waals surface area contributed by atoms with Gasteiger partial charge in [-0.15, -0.1) is 0 Å². The zero-order valence-corrected chi connectivity index (χ0v) is 13.7. The number of tetrazole rings is 1. The van der Waals surface area contributed by atoms with Gasteiger partial charge in [0, 0.05) is 17.8 Å². The zero-order valence-electron chi connectivity index (χ0n) is 12.9. The Balaban J connectivity index is 1.69. The summed E-state index contributed by atoms with van der Waals surface area (Å²) >= 11 is 5.83. The van der Waals surface area contributed by atoms with Crippen LogP contribution in [0, 0.1) is 0 Å². The standard InChI is InChI=1S/C16H15ClN6O/c1-22(11-15(24)18-13-9-7-12(17)8-10-13)16-19-20-21-23(16)14-5-3-2-4-6-14/h2-10H,11H2,1H3,(H,18,24). The van der Waals surface area contributed by atoms with E-state index in [-0.39, 0.29) is 12.5 Å². The Hall–Kier alpha value is -2.93. The molecule has 0 spiro atoms. The third kappa shape index (κ3) is 3.69. The molecule has 0 aliphatic heterocycles. The summed E-state index contributed by atoms with van der Waals surface area (Å²) in [6.45, 7) is 0.107. The third-order valence-electron chi connectivity index (χ3n) is 3.30. The van der Waals surface area contributed by atoms with Crippen LogP contribution in [0.25, 0.3) is 5.69 Å². The third-order valence-corrected chi connectivity index (χ3v) is 3.56. The lowest BCUT2D eigenvalue weighted by atomic mass is 10.3. The van der Waals surface area contributed by atoms with E-state index in [2.05, 4.69) is 20.8 Å². The average molecular weight is 343 g/mol. The van der Waals surface area contributed by atoms with Gasteiger partial charge in [0.15, 0.2) is 0 Å². The van der Waals surface area contributed by atoms with Crippen LogP contribution >= 0.6 is 11.6 Å². The molecule has 0 atom stereocenters. The van der Waals surface area contributed by atoms with Crippen molar-refractivity contribution in [3.8, 4) is 5.69 Å². The van der Waals surface area contributed by atoms with E-state index < -0.39 is 0 Å². The minimum atomic E-state index is -0.178. The van der Waals surface area contributed by atoms with E-state index in [4.69, 9.17) is 11.6 Å². The van der Waals surface area contributed by atoms with E-state index in [0.29, 0.717) is 16.7 Å². The van der Waals surface area contributed by atoms with Crippen molar-refractivity contribution in [2.45, 2.75) is 0 Å². The molecule has 122 valence electrons. The molecule has 1 N–H and O–H groups in total. The van der Waals surface area contributed by atoms with E-state index in [1.54, 1.807) is 40.9 Å². The monoisotopic (exact) mass is 342 g/mol. The first kappa shape index (κ1) is 15.9. The number of hydrogen-bond acceptors (Lipinski definition) is 5. The highest BCUT2D eigenvalue weighted by molar-refractivity contribution is 6.30. The van der Waals surface area contributed by atoms with E-state index in [9.17, 15) is 4.79 Å². The fourth-order valence-corrected chi connectivity index (χ4v) is 2.30. The van der Waals surface area contributed by atoms with Crippen LogP contribution in [0.5, 0.6) is 0 Å². The number of hydrogen-bond donors (Lipinski definition) is 1. The van der Waals surface area contributed by atoms with Gasteiger partial charge in [0.05, 0.1) is 12.2 Å². The summed E-state index contributed by atoms with van der Waals surface area (Å²) < 4.78 is 1.58. The number of nitrogens with zero attached hydrogens (tertiary/aromatic N) is 5. The quantitative estimate of drug-likeness (QED) is 0.770. The summed E-state index contributed by atoms with van der Waals surface area (Å²) in [5.74, 6) is 0.301. The van der Waals surface area contributed by atoms with E-state index in [1.165, 1.54) is 0 Å². The van der Waals surface area contributed by atoms with Gasteiger partial charge in [-0.05, 0) is 46.8 Å². The van der Waals surface area contributed by atoms with Gasteiger partial charge in [-0.25, -0.2) is 0 Å². The number of amides is 1. The number of aromatic nitrogens is 4. The predicted octanol–water partition coefficient (Wildman–Crippen LogP) is 2.39. The average Bonchev–Trinajstić information content (AvgIpc) is 3.07. The summed E-state index contributed by atoms with van der Waals surface area (Å²) in [6, 6.07) is 16.4. The number of nitrogens with one attached hydrogen (secondary N) is 1. The molecule has 2 aromatic carbocycles. The second-order valence-electron chi connectivity index (χ2n) is 5.14. The highest BCUT2D eigenvalue weighted by Crippen LogP contribution is 2.15. The van der Waals surface area contributed by atoms with Crippen molar-refractivity contribution in [2.24, 2.45) is 0 Å². The van der Waals surface area contributed by atoms with Gasteiger partial charge in [-0.3, -0.25) is 4.79 Å². The van der Waals surface area contributed by atoms with Crippen molar-refractivity contribution in [1.29, 1.82) is 0 Å². The van der Waals surface area contributed by atoms with Gasteiger partial charge in [0.2, 0.25) is 5.91 Å². The molecule has 0 radical (unpaired) electrons. The van der Waals surface area contributed by atoms with Crippen LogP contribution in [0.15, 0.2) is 54.6 Å². The van der Waals surface area contributed by atoms with Gasteiger partial charge < -0.3 is 10.2 Å². The summed E-state index contributed by atoms with van der Waals surface area (Å²) in [6.07, 6.45) is 0. The predicted molar refractivity (Wildman–Crippen MR) is 92.5 cm³/mol. The molecular formula is C16H15ClN6O. The zero-order chi connectivity index (χ0) is 16.9. The molecule has 7 nitrogen and oxygen atoms in total. The Morgan fingerprint density at radius 1 is 1.17 bits per heavy atom. The number of carbonyl (C=O) groups is 1. The van der Waals surface area contributed by atoms with Crippen LogP contribution in [0.3, 0.4) is 0 Å². The molecule has 0 fully saturated rings. The number of anilines is 2. The van der Waals surface area contributed by atoms with Gasteiger partial charge >= 0.3 is 0 Å². The Morgan fingerprint density at radius 2 is 1.88 bits per heavy atom. The maximum atomic E-state index is 12.2. The molecule has 0 bridgehead atoms. The highest BCUT2D eigenvalue weighted by Gasteiger charge is 2.15. The molecule has 3 rings (SSSR count). The smallest absolute Gasteiger partial charge is 0.250 e. The Kier molecular flexibility index (Phi) is 4.72. The molecule has 1 heterocycles. The van der Waals surface area contributed by atoms with Crippen molar-refractivity contribution < 1.29 is 4.79 Å². The van der Waals surface area contributed by atoms with Crippen molar-refractivity contribution in [1.82, 2.24) is 20.2 Å². The van der Waals surface area contributed by atoms with Crippen molar-refractivity contribution in [3.05, 3.63) is 59.6 Å². The fourth-order valence-electron chi connectivity index (χ4n) is 2.18. The molecule has 0 aliphatic rings. The van der Waals surface area contributed by atoms with Crippen LogP contribution in [0.2, 0.25) is 5.02 Å². The highest BCUT2D eigenvalue weighted by atomic mass is 35.5. The molecule has 1 amide bonds. The Bertz CT molecular complexity index is 818. The lowest BCUT2D eigenvalue weighted by molar-refractivity contribution is -0.114. The minimum absolute atomic E-state index is 0.107. The second-order valence-corrected chi connectivity index (χ2v) is 5.57. The largest absolute Gasteiger partial charge is 0.333 e. The first-order valence-electron chi connectivity index (χ1n) is 7.24. The number of likely N-dealkylation sites (N-methyl/N-ethyl adjacent to an activating group) is 1. The second kappa shape index (κ2) is 7.10. The Morgan fingerprint density at radius 3 is 2.58 bits per heavy atom. The molecule has 0 aliphatic carbocycles. The number of rotatable bonds is 5. The van der Waals surface area contributed by atoms with Crippen LogP contribution in [-0.2, 0) is 4.79 Å². The SMILES string of the molecule is CN(CC(=O)Nc1ccc(Cl)cc1)c1nnnn1-c1ccccc1. The normalized spacial score (nSPS) is 10.4. The fraction of sp³-hybridized carbons (Fsp3) is 0.125.